The predicted octanol–water partition coefficient (Wildman–Crippen LogP) is 3.67. The van der Waals surface area contributed by atoms with Gasteiger partial charge in [-0.3, -0.25) is 0 Å². The number of rotatable bonds is 1. The predicted molar refractivity (Wildman–Crippen MR) is 66.7 cm³/mol. The molecule has 0 radical (unpaired) electrons. The second-order valence-corrected chi connectivity index (χ2v) is 4.38. The first-order valence-electron chi connectivity index (χ1n) is 4.98. The van der Waals surface area contributed by atoms with E-state index in [-0.39, 0.29) is 5.75 Å². The minimum Gasteiger partial charge on any atom is -0.508 e. The van der Waals surface area contributed by atoms with Crippen molar-refractivity contribution in [3.63, 3.8) is 0 Å². The van der Waals surface area contributed by atoms with Crippen molar-refractivity contribution < 1.29 is 5.11 Å². The van der Waals surface area contributed by atoms with E-state index < -0.39 is 0 Å². The van der Waals surface area contributed by atoms with Gasteiger partial charge in [-0.05, 0) is 29.7 Å². The summed E-state index contributed by atoms with van der Waals surface area (Å²) in [5.74, 6) is 0.282. The van der Waals surface area contributed by atoms with Gasteiger partial charge in [0.25, 0.3) is 0 Å². The molecule has 0 aliphatic rings. The molecule has 1 N–H and O–H groups in total. The summed E-state index contributed by atoms with van der Waals surface area (Å²) in [5.41, 5.74) is 2.02. The van der Waals surface area contributed by atoms with Gasteiger partial charge in [-0.2, -0.15) is 4.37 Å². The standard InChI is InChI=1S/C13H9NOS/c15-10-6-7-12-11(8-10)13(14-16-12)9-4-2-1-3-5-9/h1-8,15H. The van der Waals surface area contributed by atoms with Crippen LogP contribution in [0.1, 0.15) is 0 Å². The largest absolute Gasteiger partial charge is 0.508 e. The molecule has 0 aliphatic heterocycles. The number of phenols is 1. The molecule has 2 aromatic carbocycles. The minimum atomic E-state index is 0.282. The molecule has 0 amide bonds. The summed E-state index contributed by atoms with van der Waals surface area (Å²) >= 11 is 1.46. The highest BCUT2D eigenvalue weighted by molar-refractivity contribution is 7.13. The molecule has 0 unspecified atom stereocenters. The molecule has 0 aliphatic carbocycles. The first-order chi connectivity index (χ1) is 7.84. The SMILES string of the molecule is Oc1ccc2snc(-c3ccccc3)c2c1. The molecule has 78 valence electrons. The van der Waals surface area contributed by atoms with Gasteiger partial charge < -0.3 is 5.11 Å². The number of phenolic OH excluding ortho intramolecular Hbond substituents is 1. The fourth-order valence-corrected chi connectivity index (χ4v) is 2.51. The number of nitrogens with zero attached hydrogens (tertiary/aromatic N) is 1. The van der Waals surface area contributed by atoms with Gasteiger partial charge in [0.15, 0.2) is 0 Å². The van der Waals surface area contributed by atoms with Gasteiger partial charge in [0.2, 0.25) is 0 Å². The van der Waals surface area contributed by atoms with Crippen LogP contribution >= 0.6 is 11.5 Å². The molecule has 2 nitrogen and oxygen atoms in total. The Labute approximate surface area is 97.0 Å². The second kappa shape index (κ2) is 3.61. The van der Waals surface area contributed by atoms with Gasteiger partial charge >= 0.3 is 0 Å². The Hall–Kier alpha value is -1.87. The monoisotopic (exact) mass is 227 g/mol. The van der Waals surface area contributed by atoms with Crippen molar-refractivity contribution in [1.29, 1.82) is 0 Å². The Kier molecular flexibility index (Phi) is 2.11. The maximum atomic E-state index is 9.50. The van der Waals surface area contributed by atoms with Gasteiger partial charge in [-0.15, -0.1) is 0 Å². The van der Waals surface area contributed by atoms with Gasteiger partial charge in [0.1, 0.15) is 5.75 Å². The van der Waals surface area contributed by atoms with E-state index in [1.54, 1.807) is 12.1 Å². The number of benzene rings is 2. The van der Waals surface area contributed by atoms with E-state index in [0.29, 0.717) is 0 Å². The van der Waals surface area contributed by atoms with E-state index in [1.165, 1.54) is 11.5 Å². The Balaban J connectivity index is 2.29. The summed E-state index contributed by atoms with van der Waals surface area (Å²) in [6.07, 6.45) is 0. The van der Waals surface area contributed by atoms with Crippen molar-refractivity contribution in [2.45, 2.75) is 0 Å². The van der Waals surface area contributed by atoms with Crippen LogP contribution in [0.15, 0.2) is 48.5 Å². The Morgan fingerprint density at radius 2 is 1.81 bits per heavy atom. The number of hydrogen-bond donors (Lipinski definition) is 1. The summed E-state index contributed by atoms with van der Waals surface area (Å²) in [5, 5.41) is 10.5. The zero-order chi connectivity index (χ0) is 11.0. The molecular weight excluding hydrogens is 218 g/mol. The molecule has 0 bridgehead atoms. The van der Waals surface area contributed by atoms with Gasteiger partial charge in [-0.25, -0.2) is 0 Å². The van der Waals surface area contributed by atoms with Crippen LogP contribution in [-0.2, 0) is 0 Å². The van der Waals surface area contributed by atoms with Gasteiger partial charge in [0.05, 0.1) is 10.4 Å². The van der Waals surface area contributed by atoms with E-state index >= 15 is 0 Å². The van der Waals surface area contributed by atoms with E-state index in [4.69, 9.17) is 0 Å². The van der Waals surface area contributed by atoms with Crippen molar-refractivity contribution in [3.8, 4) is 17.0 Å². The summed E-state index contributed by atoms with van der Waals surface area (Å²) < 4.78 is 5.53. The average molecular weight is 227 g/mol. The van der Waals surface area contributed by atoms with Crippen molar-refractivity contribution in [2.75, 3.05) is 0 Å². The van der Waals surface area contributed by atoms with Crippen LogP contribution in [0.25, 0.3) is 21.3 Å². The summed E-state index contributed by atoms with van der Waals surface area (Å²) in [6.45, 7) is 0. The Bertz CT molecular complexity index is 631. The van der Waals surface area contributed by atoms with Crippen LogP contribution < -0.4 is 0 Å². The van der Waals surface area contributed by atoms with Crippen molar-refractivity contribution >= 4 is 21.6 Å². The molecule has 1 heterocycles. The highest BCUT2D eigenvalue weighted by Crippen LogP contribution is 2.32. The number of aromatic nitrogens is 1. The fraction of sp³-hybridized carbons (Fsp3) is 0. The number of aromatic hydroxyl groups is 1. The van der Waals surface area contributed by atoms with Crippen LogP contribution in [0.5, 0.6) is 5.75 Å². The Morgan fingerprint density at radius 3 is 2.62 bits per heavy atom. The number of hydrogen-bond acceptors (Lipinski definition) is 3. The fourth-order valence-electron chi connectivity index (χ4n) is 1.73. The molecule has 1 aromatic heterocycles. The lowest BCUT2D eigenvalue weighted by Crippen LogP contribution is -1.76. The zero-order valence-corrected chi connectivity index (χ0v) is 9.24. The van der Waals surface area contributed by atoms with Crippen LogP contribution in [0, 0.1) is 0 Å². The molecule has 3 aromatic rings. The maximum absolute atomic E-state index is 9.50. The molecule has 0 spiro atoms. The maximum Gasteiger partial charge on any atom is 0.116 e. The topological polar surface area (TPSA) is 33.1 Å². The lowest BCUT2D eigenvalue weighted by Gasteiger charge is -1.97. The van der Waals surface area contributed by atoms with Crippen LogP contribution in [0.3, 0.4) is 0 Å². The molecule has 0 saturated heterocycles. The molecule has 0 fully saturated rings. The molecule has 3 heteroatoms. The quantitative estimate of drug-likeness (QED) is 0.688. The highest BCUT2D eigenvalue weighted by Gasteiger charge is 2.08. The highest BCUT2D eigenvalue weighted by atomic mass is 32.1. The average Bonchev–Trinajstić information content (AvgIpc) is 2.73. The van der Waals surface area contributed by atoms with Crippen molar-refractivity contribution in [2.24, 2.45) is 0 Å². The van der Waals surface area contributed by atoms with Crippen LogP contribution in [0.2, 0.25) is 0 Å². The summed E-state index contributed by atoms with van der Waals surface area (Å²) in [4.78, 5) is 0. The third-order valence-electron chi connectivity index (χ3n) is 2.50. The minimum absolute atomic E-state index is 0.282. The van der Waals surface area contributed by atoms with Crippen molar-refractivity contribution in [3.05, 3.63) is 48.5 Å². The summed E-state index contributed by atoms with van der Waals surface area (Å²) in [7, 11) is 0. The molecule has 3 rings (SSSR count). The first-order valence-corrected chi connectivity index (χ1v) is 5.76. The van der Waals surface area contributed by atoms with E-state index in [0.717, 1.165) is 21.3 Å². The van der Waals surface area contributed by atoms with Gasteiger partial charge in [0, 0.05) is 10.9 Å². The molecular formula is C13H9NOS. The summed E-state index contributed by atoms with van der Waals surface area (Å²) in [6, 6.07) is 15.4. The smallest absolute Gasteiger partial charge is 0.116 e. The third kappa shape index (κ3) is 1.46. The zero-order valence-electron chi connectivity index (χ0n) is 8.42. The lowest BCUT2D eigenvalue weighted by molar-refractivity contribution is 0.476. The number of fused-ring (bicyclic) bond motifs is 1. The first kappa shape index (κ1) is 9.36. The van der Waals surface area contributed by atoms with Crippen LogP contribution in [0.4, 0.5) is 0 Å². The Morgan fingerprint density at radius 1 is 1.00 bits per heavy atom. The normalized spacial score (nSPS) is 10.8. The molecule has 0 atom stereocenters. The lowest BCUT2D eigenvalue weighted by atomic mass is 10.1. The molecule has 0 saturated carbocycles. The second-order valence-electron chi connectivity index (χ2n) is 3.58. The van der Waals surface area contributed by atoms with E-state index in [2.05, 4.69) is 4.37 Å². The molecule has 16 heavy (non-hydrogen) atoms. The van der Waals surface area contributed by atoms with E-state index in [1.807, 2.05) is 36.4 Å². The van der Waals surface area contributed by atoms with Gasteiger partial charge in [-0.1, -0.05) is 30.3 Å². The van der Waals surface area contributed by atoms with Crippen molar-refractivity contribution in [1.82, 2.24) is 4.37 Å². The third-order valence-corrected chi connectivity index (χ3v) is 3.33. The van der Waals surface area contributed by atoms with E-state index in [9.17, 15) is 5.11 Å². The van der Waals surface area contributed by atoms with Crippen LogP contribution in [-0.4, -0.2) is 9.48 Å².